The van der Waals surface area contributed by atoms with Crippen LogP contribution >= 0.6 is 0 Å². The Bertz CT molecular complexity index is 854. The topological polar surface area (TPSA) is 70.7 Å². The molecule has 2 aromatic rings. The van der Waals surface area contributed by atoms with Gasteiger partial charge in [-0.2, -0.15) is 0 Å². The Morgan fingerprint density at radius 3 is 2.29 bits per heavy atom. The van der Waals surface area contributed by atoms with Crippen LogP contribution in [0.4, 0.5) is 10.5 Å². The Balaban J connectivity index is 1.90. The Morgan fingerprint density at radius 1 is 1.04 bits per heavy atom. The molecule has 6 nitrogen and oxygen atoms in total. The van der Waals surface area contributed by atoms with E-state index >= 15 is 0 Å². The number of ether oxygens (including phenoxy) is 1. The first-order chi connectivity index (χ1) is 13.2. The minimum Gasteiger partial charge on any atom is -0.496 e. The monoisotopic (exact) mass is 383 g/mol. The van der Waals surface area contributed by atoms with Crippen LogP contribution in [0.5, 0.6) is 5.75 Å². The lowest BCUT2D eigenvalue weighted by atomic mass is 10.1. The van der Waals surface area contributed by atoms with Gasteiger partial charge < -0.3 is 10.1 Å². The minimum atomic E-state index is -0.525. The molecule has 0 saturated heterocycles. The Morgan fingerprint density at radius 2 is 1.68 bits per heavy atom. The summed E-state index contributed by atoms with van der Waals surface area (Å²) >= 11 is 0. The predicted octanol–water partition coefficient (Wildman–Crippen LogP) is 3.71. The van der Waals surface area contributed by atoms with Gasteiger partial charge in [0, 0.05) is 12.2 Å². The molecule has 0 radical (unpaired) electrons. The summed E-state index contributed by atoms with van der Waals surface area (Å²) in [4.78, 5) is 26.2. The number of rotatable bonds is 6. The number of benzene rings is 2. The summed E-state index contributed by atoms with van der Waals surface area (Å²) in [6.07, 6.45) is 0. The normalized spacial score (nSPS) is 10.7. The summed E-state index contributed by atoms with van der Waals surface area (Å²) in [6.45, 7) is 8.61. The lowest BCUT2D eigenvalue weighted by Gasteiger charge is -2.18. The Hall–Kier alpha value is -2.86. The third-order valence-corrected chi connectivity index (χ3v) is 4.70. The van der Waals surface area contributed by atoms with Crippen LogP contribution in [0.25, 0.3) is 0 Å². The fraction of sp³-hybridized carbons (Fsp3) is 0.364. The molecule has 0 bridgehead atoms. The van der Waals surface area contributed by atoms with Gasteiger partial charge in [0.1, 0.15) is 5.75 Å². The number of likely N-dealkylation sites (N-methyl/N-ethyl adjacent to an activating group) is 1. The summed E-state index contributed by atoms with van der Waals surface area (Å²) in [5.41, 5.74) is 5.96. The van der Waals surface area contributed by atoms with E-state index < -0.39 is 6.03 Å². The molecule has 0 atom stereocenters. The molecule has 0 saturated carbocycles. The molecule has 0 unspecified atom stereocenters. The van der Waals surface area contributed by atoms with Crippen molar-refractivity contribution in [1.82, 2.24) is 10.2 Å². The SMILES string of the molecule is COc1c(C)cc(CN(C)CC(=O)NC(=O)Nc2cccc(C)c2C)cc1C. The summed E-state index contributed by atoms with van der Waals surface area (Å²) in [6, 6.07) is 9.23. The van der Waals surface area contributed by atoms with Gasteiger partial charge in [-0.25, -0.2) is 4.79 Å². The van der Waals surface area contributed by atoms with Crippen molar-refractivity contribution in [3.63, 3.8) is 0 Å². The molecule has 2 N–H and O–H groups in total. The number of carbonyl (C=O) groups is 2. The van der Waals surface area contributed by atoms with Crippen molar-refractivity contribution in [3.05, 3.63) is 58.1 Å². The van der Waals surface area contributed by atoms with Crippen molar-refractivity contribution in [2.75, 3.05) is 26.0 Å². The lowest BCUT2D eigenvalue weighted by molar-refractivity contribution is -0.120. The quantitative estimate of drug-likeness (QED) is 0.798. The third-order valence-electron chi connectivity index (χ3n) is 4.70. The van der Waals surface area contributed by atoms with Gasteiger partial charge in [-0.15, -0.1) is 0 Å². The average Bonchev–Trinajstić information content (AvgIpc) is 2.58. The van der Waals surface area contributed by atoms with Crippen molar-refractivity contribution in [3.8, 4) is 5.75 Å². The average molecular weight is 383 g/mol. The zero-order valence-corrected chi connectivity index (χ0v) is 17.5. The maximum atomic E-state index is 12.2. The highest BCUT2D eigenvalue weighted by Gasteiger charge is 2.13. The zero-order chi connectivity index (χ0) is 20.8. The fourth-order valence-electron chi connectivity index (χ4n) is 3.27. The van der Waals surface area contributed by atoms with Crippen LogP contribution < -0.4 is 15.4 Å². The second kappa shape index (κ2) is 9.37. The summed E-state index contributed by atoms with van der Waals surface area (Å²) in [7, 11) is 3.51. The number of nitrogens with one attached hydrogen (secondary N) is 2. The highest BCUT2D eigenvalue weighted by Crippen LogP contribution is 2.24. The first-order valence-electron chi connectivity index (χ1n) is 9.21. The van der Waals surface area contributed by atoms with E-state index in [1.165, 1.54) is 0 Å². The van der Waals surface area contributed by atoms with Crippen LogP contribution in [0.3, 0.4) is 0 Å². The van der Waals surface area contributed by atoms with Crippen molar-refractivity contribution in [1.29, 1.82) is 0 Å². The number of carbonyl (C=O) groups excluding carboxylic acids is 2. The maximum Gasteiger partial charge on any atom is 0.325 e. The molecule has 0 aliphatic heterocycles. The standard InChI is InChI=1S/C22H29N3O3/c1-14-8-7-9-19(17(14)4)23-22(27)24-20(26)13-25(5)12-18-10-15(2)21(28-6)16(3)11-18/h7-11H,12-13H2,1-6H3,(H2,23,24,26,27). The van der Waals surface area contributed by atoms with Gasteiger partial charge >= 0.3 is 6.03 Å². The molecule has 0 spiro atoms. The largest absolute Gasteiger partial charge is 0.496 e. The molecule has 0 aromatic heterocycles. The maximum absolute atomic E-state index is 12.2. The zero-order valence-electron chi connectivity index (χ0n) is 17.5. The molecule has 6 heteroatoms. The van der Waals surface area contributed by atoms with E-state index in [2.05, 4.69) is 10.6 Å². The van der Waals surface area contributed by atoms with Crippen LogP contribution in [0, 0.1) is 27.7 Å². The van der Waals surface area contributed by atoms with Gasteiger partial charge in [0.05, 0.1) is 13.7 Å². The number of hydrogen-bond donors (Lipinski definition) is 2. The third kappa shape index (κ3) is 5.57. The Kier molecular flexibility index (Phi) is 7.18. The van der Waals surface area contributed by atoms with E-state index in [-0.39, 0.29) is 12.5 Å². The first kappa shape index (κ1) is 21.4. The molecular weight excluding hydrogens is 354 g/mol. The van der Waals surface area contributed by atoms with Gasteiger partial charge in [0.15, 0.2) is 0 Å². The highest BCUT2D eigenvalue weighted by atomic mass is 16.5. The van der Waals surface area contributed by atoms with Crippen LogP contribution in [0.15, 0.2) is 30.3 Å². The van der Waals surface area contributed by atoms with E-state index in [0.717, 1.165) is 33.6 Å². The van der Waals surface area contributed by atoms with Crippen LogP contribution in [0.1, 0.15) is 27.8 Å². The summed E-state index contributed by atoms with van der Waals surface area (Å²) in [5.74, 6) is 0.527. The van der Waals surface area contributed by atoms with E-state index in [1.807, 2.05) is 70.0 Å². The van der Waals surface area contributed by atoms with Crippen LogP contribution in [-0.2, 0) is 11.3 Å². The van der Waals surface area contributed by atoms with E-state index in [0.29, 0.717) is 12.2 Å². The van der Waals surface area contributed by atoms with Crippen molar-refractivity contribution >= 4 is 17.6 Å². The van der Waals surface area contributed by atoms with E-state index in [1.54, 1.807) is 7.11 Å². The number of hydrogen-bond acceptors (Lipinski definition) is 4. The molecule has 150 valence electrons. The smallest absolute Gasteiger partial charge is 0.325 e. The highest BCUT2D eigenvalue weighted by molar-refractivity contribution is 6.02. The van der Waals surface area contributed by atoms with Gasteiger partial charge in [-0.05, 0) is 68.6 Å². The van der Waals surface area contributed by atoms with Gasteiger partial charge in [-0.3, -0.25) is 15.0 Å². The minimum absolute atomic E-state index is 0.115. The van der Waals surface area contributed by atoms with Gasteiger partial charge in [-0.1, -0.05) is 24.3 Å². The second-order valence-corrected chi connectivity index (χ2v) is 7.18. The molecular formula is C22H29N3O3. The van der Waals surface area contributed by atoms with Crippen LogP contribution in [0.2, 0.25) is 0 Å². The molecule has 3 amide bonds. The fourth-order valence-corrected chi connectivity index (χ4v) is 3.27. The second-order valence-electron chi connectivity index (χ2n) is 7.18. The van der Waals surface area contributed by atoms with Crippen molar-refractivity contribution in [2.24, 2.45) is 0 Å². The van der Waals surface area contributed by atoms with Gasteiger partial charge in [0.25, 0.3) is 0 Å². The Labute approximate surface area is 166 Å². The summed E-state index contributed by atoms with van der Waals surface area (Å²) < 4.78 is 5.39. The molecule has 28 heavy (non-hydrogen) atoms. The number of imide groups is 1. The molecule has 0 aliphatic carbocycles. The van der Waals surface area contributed by atoms with Crippen LogP contribution in [-0.4, -0.2) is 37.5 Å². The van der Waals surface area contributed by atoms with E-state index in [9.17, 15) is 9.59 Å². The summed E-state index contributed by atoms with van der Waals surface area (Å²) in [5, 5.41) is 5.11. The first-order valence-corrected chi connectivity index (χ1v) is 9.21. The number of anilines is 1. The number of urea groups is 1. The molecule has 0 heterocycles. The molecule has 2 rings (SSSR count). The molecule has 2 aromatic carbocycles. The molecule has 0 aliphatic rings. The van der Waals surface area contributed by atoms with Gasteiger partial charge in [0.2, 0.25) is 5.91 Å². The molecule has 0 fully saturated rings. The number of nitrogens with zero attached hydrogens (tertiary/aromatic N) is 1. The predicted molar refractivity (Wildman–Crippen MR) is 112 cm³/mol. The lowest BCUT2D eigenvalue weighted by Crippen LogP contribution is -2.40. The number of amides is 3. The van der Waals surface area contributed by atoms with Crippen molar-refractivity contribution < 1.29 is 14.3 Å². The van der Waals surface area contributed by atoms with Crippen molar-refractivity contribution in [2.45, 2.75) is 34.2 Å². The van der Waals surface area contributed by atoms with E-state index in [4.69, 9.17) is 4.74 Å². The number of methoxy groups -OCH3 is 1. The number of aryl methyl sites for hydroxylation is 3.